The number of nitrogens with one attached hydrogen (secondary N) is 1. The summed E-state index contributed by atoms with van der Waals surface area (Å²) in [6.45, 7) is 9.68. The van der Waals surface area contributed by atoms with Gasteiger partial charge in [-0.25, -0.2) is 9.97 Å². The summed E-state index contributed by atoms with van der Waals surface area (Å²) in [5.74, 6) is 0.846. The van der Waals surface area contributed by atoms with Crippen LogP contribution in [0.2, 0.25) is 0 Å². The summed E-state index contributed by atoms with van der Waals surface area (Å²) in [4.78, 5) is 25.2. The molecule has 0 amide bonds. The van der Waals surface area contributed by atoms with Crippen LogP contribution in [0.1, 0.15) is 32.7 Å². The van der Waals surface area contributed by atoms with Crippen LogP contribution < -0.4 is 10.9 Å². The molecule has 4 aromatic rings. The molecule has 2 aliphatic heterocycles. The fraction of sp³-hybridized carbons (Fsp3) is 0.440. The predicted octanol–water partition coefficient (Wildman–Crippen LogP) is 3.23. The molecule has 1 saturated heterocycles. The molecule has 0 aliphatic carbocycles. The third-order valence-corrected chi connectivity index (χ3v) is 6.92. The van der Waals surface area contributed by atoms with Gasteiger partial charge in [0.15, 0.2) is 0 Å². The zero-order valence-electron chi connectivity index (χ0n) is 19.7. The lowest BCUT2D eigenvalue weighted by molar-refractivity contribution is 0.320. The number of aromatic nitrogens is 6. The van der Waals surface area contributed by atoms with E-state index in [1.165, 1.54) is 12.8 Å². The summed E-state index contributed by atoms with van der Waals surface area (Å²) in [5.41, 5.74) is 4.34. The van der Waals surface area contributed by atoms with Crippen molar-refractivity contribution in [3.63, 3.8) is 0 Å². The van der Waals surface area contributed by atoms with Crippen molar-refractivity contribution >= 4 is 16.9 Å². The molecular weight excluding hydrogens is 428 g/mol. The molecule has 176 valence electrons. The zero-order chi connectivity index (χ0) is 23.2. The van der Waals surface area contributed by atoms with Crippen LogP contribution in [0.5, 0.6) is 0 Å². The zero-order valence-corrected chi connectivity index (χ0v) is 19.7. The first-order valence-corrected chi connectivity index (χ1v) is 12.2. The van der Waals surface area contributed by atoms with Gasteiger partial charge >= 0.3 is 0 Å². The Kier molecular flexibility index (Phi) is 5.21. The first-order chi connectivity index (χ1) is 16.6. The lowest BCUT2D eigenvalue weighted by Gasteiger charge is -2.15. The van der Waals surface area contributed by atoms with Crippen LogP contribution in [-0.4, -0.2) is 60.0 Å². The number of anilines is 1. The second-order valence-electron chi connectivity index (χ2n) is 9.51. The third-order valence-electron chi connectivity index (χ3n) is 6.92. The standard InChI is InChI=1S/C25H30N8O/c1-17(2)33-11-7-21(29-33)22-23(32-12-8-26-25(32)28-22)18-5-6-20-19(15-18)24(34)31(16-27-20)14-13-30-9-3-4-10-30/h5-7,11,15-17H,3-4,8-10,12-14H2,1-2H3,(H,26,28). The Morgan fingerprint density at radius 1 is 1.09 bits per heavy atom. The predicted molar refractivity (Wildman–Crippen MR) is 133 cm³/mol. The molecule has 6 rings (SSSR count). The summed E-state index contributed by atoms with van der Waals surface area (Å²) >= 11 is 0. The number of imidazole rings is 1. The number of likely N-dealkylation sites (tertiary alicyclic amines) is 1. The molecule has 2 aliphatic rings. The first-order valence-electron chi connectivity index (χ1n) is 12.2. The van der Waals surface area contributed by atoms with Crippen LogP contribution in [0.15, 0.2) is 41.6 Å². The van der Waals surface area contributed by atoms with Gasteiger partial charge in [-0.05, 0) is 58.0 Å². The molecule has 0 saturated carbocycles. The monoisotopic (exact) mass is 458 g/mol. The van der Waals surface area contributed by atoms with Gasteiger partial charge in [-0.1, -0.05) is 6.07 Å². The fourth-order valence-electron chi connectivity index (χ4n) is 5.03. The molecular formula is C25H30N8O. The molecule has 3 aromatic heterocycles. The Morgan fingerprint density at radius 2 is 1.94 bits per heavy atom. The number of hydrogen-bond acceptors (Lipinski definition) is 6. The van der Waals surface area contributed by atoms with E-state index >= 15 is 0 Å². The topological polar surface area (TPSA) is 85.8 Å². The first kappa shape index (κ1) is 21.1. The largest absolute Gasteiger partial charge is 0.354 e. The highest BCUT2D eigenvalue weighted by atomic mass is 16.1. The maximum Gasteiger partial charge on any atom is 0.261 e. The summed E-state index contributed by atoms with van der Waals surface area (Å²) in [6, 6.07) is 8.23. The van der Waals surface area contributed by atoms with Crippen molar-refractivity contribution in [1.29, 1.82) is 0 Å². The Hall–Kier alpha value is -3.46. The van der Waals surface area contributed by atoms with Crippen LogP contribution in [0.3, 0.4) is 0 Å². The van der Waals surface area contributed by atoms with Gasteiger partial charge < -0.3 is 14.8 Å². The van der Waals surface area contributed by atoms with Gasteiger partial charge in [0.1, 0.15) is 11.4 Å². The Morgan fingerprint density at radius 3 is 2.74 bits per heavy atom. The second-order valence-corrected chi connectivity index (χ2v) is 9.51. The van der Waals surface area contributed by atoms with Crippen LogP contribution in [0, 0.1) is 0 Å². The summed E-state index contributed by atoms with van der Waals surface area (Å²) in [7, 11) is 0. The molecule has 0 unspecified atom stereocenters. The number of benzene rings is 1. The lowest BCUT2D eigenvalue weighted by atomic mass is 10.1. The quantitative estimate of drug-likeness (QED) is 0.478. The minimum absolute atomic E-state index is 0.0102. The highest BCUT2D eigenvalue weighted by Gasteiger charge is 2.25. The van der Waals surface area contributed by atoms with E-state index in [9.17, 15) is 4.79 Å². The fourth-order valence-corrected chi connectivity index (χ4v) is 5.03. The molecule has 0 spiro atoms. The van der Waals surface area contributed by atoms with E-state index in [4.69, 9.17) is 10.1 Å². The van der Waals surface area contributed by atoms with Crippen molar-refractivity contribution in [2.24, 2.45) is 0 Å². The summed E-state index contributed by atoms with van der Waals surface area (Å²) < 4.78 is 5.88. The van der Waals surface area contributed by atoms with Crippen molar-refractivity contribution in [2.75, 3.05) is 31.5 Å². The molecule has 1 N–H and O–H groups in total. The summed E-state index contributed by atoms with van der Waals surface area (Å²) in [6.07, 6.45) is 6.17. The molecule has 5 heterocycles. The Balaban J connectivity index is 1.42. The van der Waals surface area contributed by atoms with Crippen molar-refractivity contribution in [3.05, 3.63) is 47.1 Å². The number of fused-ring (bicyclic) bond motifs is 2. The van der Waals surface area contributed by atoms with Crippen LogP contribution in [0.25, 0.3) is 33.5 Å². The molecule has 1 fully saturated rings. The molecule has 34 heavy (non-hydrogen) atoms. The maximum atomic E-state index is 13.4. The lowest BCUT2D eigenvalue weighted by Crippen LogP contribution is -2.29. The number of hydrogen-bond donors (Lipinski definition) is 1. The third kappa shape index (κ3) is 3.60. The van der Waals surface area contributed by atoms with Gasteiger partial charge in [0, 0.05) is 44.0 Å². The van der Waals surface area contributed by atoms with Crippen LogP contribution in [0.4, 0.5) is 5.95 Å². The number of nitrogens with zero attached hydrogens (tertiary/aromatic N) is 7. The van der Waals surface area contributed by atoms with E-state index in [0.29, 0.717) is 11.9 Å². The minimum Gasteiger partial charge on any atom is -0.354 e. The molecule has 9 nitrogen and oxygen atoms in total. The van der Waals surface area contributed by atoms with Gasteiger partial charge in [-0.2, -0.15) is 5.10 Å². The second kappa shape index (κ2) is 8.39. The van der Waals surface area contributed by atoms with E-state index < -0.39 is 0 Å². The van der Waals surface area contributed by atoms with Crippen LogP contribution >= 0.6 is 0 Å². The van der Waals surface area contributed by atoms with Gasteiger partial charge in [0.2, 0.25) is 5.95 Å². The SMILES string of the molecule is CC(C)n1ccc(-c2nc3n(c2-c2ccc4ncn(CCN5CCCC5)c(=O)c4c2)CCN3)n1. The highest BCUT2D eigenvalue weighted by Crippen LogP contribution is 2.36. The molecule has 0 radical (unpaired) electrons. The summed E-state index contributed by atoms with van der Waals surface area (Å²) in [5, 5.41) is 8.77. The molecule has 0 bridgehead atoms. The van der Waals surface area contributed by atoms with Gasteiger partial charge in [0.25, 0.3) is 5.56 Å². The van der Waals surface area contributed by atoms with Crippen molar-refractivity contribution in [1.82, 2.24) is 33.8 Å². The van der Waals surface area contributed by atoms with Crippen molar-refractivity contribution in [3.8, 4) is 22.6 Å². The maximum absolute atomic E-state index is 13.4. The molecule has 0 atom stereocenters. The normalized spacial score (nSPS) is 16.0. The van der Waals surface area contributed by atoms with Crippen molar-refractivity contribution in [2.45, 2.75) is 45.8 Å². The molecule has 9 heteroatoms. The van der Waals surface area contributed by atoms with E-state index in [1.54, 1.807) is 10.9 Å². The van der Waals surface area contributed by atoms with Gasteiger partial charge in [-0.15, -0.1) is 0 Å². The smallest absolute Gasteiger partial charge is 0.261 e. The van der Waals surface area contributed by atoms with Crippen molar-refractivity contribution < 1.29 is 0 Å². The van der Waals surface area contributed by atoms with E-state index in [1.807, 2.05) is 35.1 Å². The highest BCUT2D eigenvalue weighted by molar-refractivity contribution is 5.87. The number of rotatable bonds is 6. The van der Waals surface area contributed by atoms with Crippen LogP contribution in [-0.2, 0) is 13.1 Å². The Bertz CT molecular complexity index is 1410. The van der Waals surface area contributed by atoms with E-state index in [-0.39, 0.29) is 11.6 Å². The van der Waals surface area contributed by atoms with E-state index in [2.05, 4.69) is 33.6 Å². The minimum atomic E-state index is 0.0102. The van der Waals surface area contributed by atoms with E-state index in [0.717, 1.165) is 66.8 Å². The Labute approximate surface area is 198 Å². The van der Waals surface area contributed by atoms with Gasteiger partial charge in [0.05, 0.1) is 22.9 Å². The van der Waals surface area contributed by atoms with Gasteiger partial charge in [-0.3, -0.25) is 14.0 Å². The average Bonchev–Trinajstić information content (AvgIpc) is 3.63. The molecule has 1 aromatic carbocycles. The average molecular weight is 459 g/mol.